The molecule has 0 aromatic heterocycles. The Hall–Kier alpha value is -1.10. The Labute approximate surface area is 169 Å². The molecule has 3 rings (SSSR count). The molecule has 1 amide bonds. The highest BCUT2D eigenvalue weighted by molar-refractivity contribution is 7.13. The molecule has 0 bridgehead atoms. The van der Waals surface area contributed by atoms with Gasteiger partial charge in [-0.15, -0.1) is 0 Å². The highest BCUT2D eigenvalue weighted by Crippen LogP contribution is 2.57. The number of amides is 1. The molecule has 7 atom stereocenters. The van der Waals surface area contributed by atoms with Crippen LogP contribution >= 0.6 is 9.39 Å². The molecule has 156 valence electrons. The molecule has 1 saturated carbocycles. The Morgan fingerprint density at radius 1 is 1.32 bits per heavy atom. The van der Waals surface area contributed by atoms with Gasteiger partial charge in [-0.3, -0.25) is 19.5 Å². The summed E-state index contributed by atoms with van der Waals surface area (Å²) in [6, 6.07) is -1.04. The lowest BCUT2D eigenvalue weighted by Crippen LogP contribution is -2.50. The Kier molecular flexibility index (Phi) is 6.73. The molecule has 0 radical (unpaired) electrons. The number of nitrogens with one attached hydrogen (secondary N) is 1. The fourth-order valence-corrected chi connectivity index (χ4v) is 5.24. The third-order valence-corrected chi connectivity index (χ3v) is 7.40. The number of allylic oxidation sites excluding steroid dienone is 2. The summed E-state index contributed by atoms with van der Waals surface area (Å²) in [7, 11) is 2.41. The van der Waals surface area contributed by atoms with Gasteiger partial charge in [-0.25, -0.2) is 0 Å². The number of ketones is 2. The minimum atomic E-state index is -0.717. The van der Waals surface area contributed by atoms with Gasteiger partial charge in [0, 0.05) is 24.3 Å². The average molecular weight is 408 g/mol. The maximum absolute atomic E-state index is 13.3. The first kappa shape index (κ1) is 21.6. The SMILES string of the molecule is CC(=O)[C@]12CC(=O)[C@@H]3C(C)[C@@H](O)CN3C(=O)[C@@H](NP)CCCCC/C=C\[C@@H]1C2. The fourth-order valence-electron chi connectivity index (χ4n) is 4.93. The molecule has 7 heteroatoms. The van der Waals surface area contributed by atoms with Crippen molar-refractivity contribution < 1.29 is 19.5 Å². The standard InChI is InChI=1S/C21H33N2O4P/c1-13-18(26)12-23-19(13)17(25)11-21(14(2)24)10-15(21)8-6-4-3-5-7-9-16(22-28)20(23)27/h6,8,13,15-16,18-19,22,26H,3-5,7,9-12,28H2,1-2H3/b8-6-/t13?,15-,16+,18+,19+,21+/m1/s1. The lowest BCUT2D eigenvalue weighted by Gasteiger charge is -2.30. The van der Waals surface area contributed by atoms with Crippen LogP contribution < -0.4 is 5.09 Å². The number of aliphatic hydroxyl groups excluding tert-OH is 1. The number of carbonyl (C=O) groups is 3. The van der Waals surface area contributed by atoms with E-state index in [1.165, 1.54) is 0 Å². The van der Waals surface area contributed by atoms with Gasteiger partial charge in [-0.1, -0.05) is 41.3 Å². The van der Waals surface area contributed by atoms with Gasteiger partial charge in [-0.05, 0) is 38.5 Å². The van der Waals surface area contributed by atoms with Gasteiger partial charge in [0.2, 0.25) is 5.91 Å². The van der Waals surface area contributed by atoms with Crippen molar-refractivity contribution in [2.75, 3.05) is 6.54 Å². The number of hydrogen-bond donors (Lipinski definition) is 2. The number of carbonyl (C=O) groups excluding carboxylic acids is 3. The van der Waals surface area contributed by atoms with Crippen molar-refractivity contribution >= 4 is 26.9 Å². The zero-order valence-electron chi connectivity index (χ0n) is 16.9. The number of nitrogens with zero attached hydrogens (tertiary/aromatic N) is 1. The van der Waals surface area contributed by atoms with Crippen molar-refractivity contribution in [3.8, 4) is 0 Å². The molecule has 6 nitrogen and oxygen atoms in total. The Bertz CT molecular complexity index is 667. The van der Waals surface area contributed by atoms with Crippen molar-refractivity contribution in [2.24, 2.45) is 17.3 Å². The summed E-state index contributed by atoms with van der Waals surface area (Å²) in [6.07, 6.45) is 9.07. The molecule has 2 unspecified atom stereocenters. The Morgan fingerprint density at radius 2 is 2.07 bits per heavy atom. The number of hydrogen-bond acceptors (Lipinski definition) is 5. The van der Waals surface area contributed by atoms with Crippen LogP contribution in [0.25, 0.3) is 0 Å². The second kappa shape index (κ2) is 8.73. The smallest absolute Gasteiger partial charge is 0.240 e. The van der Waals surface area contributed by atoms with E-state index >= 15 is 0 Å². The van der Waals surface area contributed by atoms with E-state index in [-0.39, 0.29) is 48.3 Å². The summed E-state index contributed by atoms with van der Waals surface area (Å²) in [5.41, 5.74) is -0.617. The largest absolute Gasteiger partial charge is 0.391 e. The van der Waals surface area contributed by atoms with Crippen molar-refractivity contribution in [1.82, 2.24) is 9.99 Å². The number of Topliss-reactive ketones (excluding diaryl/α,β-unsaturated/α-hetero) is 2. The molecule has 2 aliphatic heterocycles. The lowest BCUT2D eigenvalue weighted by molar-refractivity contribution is -0.141. The third kappa shape index (κ3) is 4.10. The van der Waals surface area contributed by atoms with Gasteiger partial charge in [-0.2, -0.15) is 0 Å². The van der Waals surface area contributed by atoms with E-state index < -0.39 is 17.6 Å². The van der Waals surface area contributed by atoms with Crippen molar-refractivity contribution in [1.29, 1.82) is 0 Å². The van der Waals surface area contributed by atoms with E-state index in [0.717, 1.165) is 25.7 Å². The number of fused-ring (bicyclic) bond motifs is 2. The normalized spacial score (nSPS) is 40.9. The summed E-state index contributed by atoms with van der Waals surface area (Å²) in [5.74, 6) is -0.386. The zero-order valence-corrected chi connectivity index (χ0v) is 18.0. The van der Waals surface area contributed by atoms with Crippen LogP contribution in [-0.4, -0.2) is 52.2 Å². The highest BCUT2D eigenvalue weighted by Gasteiger charge is 2.59. The average Bonchev–Trinajstić information content (AvgIpc) is 3.27. The minimum absolute atomic E-state index is 0.0494. The first-order valence-electron chi connectivity index (χ1n) is 10.5. The third-order valence-electron chi connectivity index (χ3n) is 6.99. The van der Waals surface area contributed by atoms with Gasteiger partial charge >= 0.3 is 0 Å². The van der Waals surface area contributed by atoms with E-state index in [1.807, 2.05) is 6.92 Å². The predicted octanol–water partition coefficient (Wildman–Crippen LogP) is 2.02. The van der Waals surface area contributed by atoms with E-state index in [4.69, 9.17) is 0 Å². The van der Waals surface area contributed by atoms with Crippen LogP contribution in [0, 0.1) is 17.3 Å². The van der Waals surface area contributed by atoms with Crippen LogP contribution in [0.2, 0.25) is 0 Å². The summed E-state index contributed by atoms with van der Waals surface area (Å²) in [4.78, 5) is 40.3. The molecule has 3 aliphatic rings. The second-order valence-electron chi connectivity index (χ2n) is 8.81. The Balaban J connectivity index is 1.89. The number of aliphatic hydroxyl groups is 1. The van der Waals surface area contributed by atoms with Crippen LogP contribution in [-0.2, 0) is 14.4 Å². The maximum Gasteiger partial charge on any atom is 0.240 e. The van der Waals surface area contributed by atoms with Gasteiger partial charge in [0.15, 0.2) is 5.78 Å². The summed E-state index contributed by atoms with van der Waals surface area (Å²) in [6.45, 7) is 3.57. The second-order valence-corrected chi connectivity index (χ2v) is 9.15. The molecular formula is C21H33N2O4P. The van der Waals surface area contributed by atoms with E-state index in [9.17, 15) is 19.5 Å². The van der Waals surface area contributed by atoms with Gasteiger partial charge in [0.1, 0.15) is 5.78 Å². The van der Waals surface area contributed by atoms with Crippen LogP contribution in [0.3, 0.4) is 0 Å². The van der Waals surface area contributed by atoms with E-state index in [2.05, 4.69) is 26.6 Å². The number of rotatable bonds is 2. The molecule has 2 fully saturated rings. The van der Waals surface area contributed by atoms with Crippen molar-refractivity contribution in [3.05, 3.63) is 12.2 Å². The van der Waals surface area contributed by atoms with Crippen LogP contribution in [0.15, 0.2) is 12.2 Å². The van der Waals surface area contributed by atoms with Crippen LogP contribution in [0.5, 0.6) is 0 Å². The van der Waals surface area contributed by atoms with Gasteiger partial charge < -0.3 is 10.0 Å². The first-order valence-corrected chi connectivity index (χ1v) is 11.0. The summed E-state index contributed by atoms with van der Waals surface area (Å²) >= 11 is 0. The molecule has 0 aromatic carbocycles. The summed E-state index contributed by atoms with van der Waals surface area (Å²) < 4.78 is 0. The Morgan fingerprint density at radius 3 is 2.75 bits per heavy atom. The zero-order chi connectivity index (χ0) is 20.5. The topological polar surface area (TPSA) is 86.7 Å². The highest BCUT2D eigenvalue weighted by atomic mass is 31.0. The van der Waals surface area contributed by atoms with Crippen molar-refractivity contribution in [3.63, 3.8) is 0 Å². The molecule has 0 aromatic rings. The molecular weight excluding hydrogens is 375 g/mol. The predicted molar refractivity (Wildman–Crippen MR) is 110 cm³/mol. The summed E-state index contributed by atoms with van der Waals surface area (Å²) in [5, 5.41) is 13.4. The minimum Gasteiger partial charge on any atom is -0.391 e. The molecule has 28 heavy (non-hydrogen) atoms. The van der Waals surface area contributed by atoms with E-state index in [0.29, 0.717) is 12.8 Å². The van der Waals surface area contributed by atoms with Crippen LogP contribution in [0.1, 0.15) is 58.8 Å². The molecule has 2 N–H and O–H groups in total. The molecule has 1 saturated heterocycles. The van der Waals surface area contributed by atoms with Gasteiger partial charge in [0.25, 0.3) is 0 Å². The monoisotopic (exact) mass is 408 g/mol. The molecule has 2 heterocycles. The molecule has 0 spiro atoms. The maximum atomic E-state index is 13.3. The lowest BCUT2D eigenvalue weighted by atomic mass is 9.86. The van der Waals surface area contributed by atoms with E-state index in [1.54, 1.807) is 11.8 Å². The van der Waals surface area contributed by atoms with Crippen LogP contribution in [0.4, 0.5) is 0 Å². The van der Waals surface area contributed by atoms with Gasteiger partial charge in [0.05, 0.1) is 18.2 Å². The fraction of sp³-hybridized carbons (Fsp3) is 0.762. The first-order chi connectivity index (χ1) is 13.3. The van der Waals surface area contributed by atoms with Crippen molar-refractivity contribution in [2.45, 2.75) is 77.0 Å². The quantitative estimate of drug-likeness (QED) is 0.539. The molecule has 1 aliphatic carbocycles.